The third-order valence-electron chi connectivity index (χ3n) is 4.08. The van der Waals surface area contributed by atoms with Crippen molar-refractivity contribution >= 4 is 27.7 Å². The number of anilines is 1. The quantitative estimate of drug-likeness (QED) is 0.729. The van der Waals surface area contributed by atoms with Crippen LogP contribution < -0.4 is 10.1 Å². The van der Waals surface area contributed by atoms with E-state index in [1.54, 1.807) is 4.68 Å². The van der Waals surface area contributed by atoms with E-state index in [0.717, 1.165) is 27.2 Å². The Kier molecular flexibility index (Phi) is 4.05. The van der Waals surface area contributed by atoms with Gasteiger partial charge in [-0.3, -0.25) is 4.79 Å². The lowest BCUT2D eigenvalue weighted by Crippen LogP contribution is -2.32. The maximum atomic E-state index is 12.7. The van der Waals surface area contributed by atoms with Crippen LogP contribution in [0.15, 0.2) is 59.1 Å². The van der Waals surface area contributed by atoms with Crippen LogP contribution in [0.4, 0.5) is 5.82 Å². The van der Waals surface area contributed by atoms with Crippen LogP contribution in [0, 0.1) is 6.92 Å². The molecule has 1 aliphatic heterocycles. The van der Waals surface area contributed by atoms with Gasteiger partial charge in [-0.2, -0.15) is 5.10 Å². The summed E-state index contributed by atoms with van der Waals surface area (Å²) in [6, 6.07) is 17.3. The molecule has 0 bridgehead atoms. The summed E-state index contributed by atoms with van der Waals surface area (Å²) in [6.45, 7) is 1.89. The molecule has 3 aromatic rings. The molecule has 4 rings (SSSR count). The van der Waals surface area contributed by atoms with Crippen molar-refractivity contribution in [2.24, 2.45) is 0 Å². The highest BCUT2D eigenvalue weighted by Crippen LogP contribution is 2.29. The average Bonchev–Trinajstić information content (AvgIpc) is 3.18. The Labute approximate surface area is 153 Å². The van der Waals surface area contributed by atoms with Crippen LogP contribution in [0.2, 0.25) is 0 Å². The number of fused-ring (bicyclic) bond motifs is 1. The fraction of sp³-hybridized carbons (Fsp3) is 0.158. The Morgan fingerprint density at radius 3 is 2.88 bits per heavy atom. The second-order valence-electron chi connectivity index (χ2n) is 5.97. The Morgan fingerprint density at radius 1 is 1.24 bits per heavy atom. The number of hydrogen-bond acceptors (Lipinski definition) is 3. The van der Waals surface area contributed by atoms with Gasteiger partial charge in [0.15, 0.2) is 6.10 Å². The van der Waals surface area contributed by atoms with E-state index in [1.807, 2.05) is 61.5 Å². The summed E-state index contributed by atoms with van der Waals surface area (Å²) in [6.07, 6.45) is 0.0509. The van der Waals surface area contributed by atoms with E-state index in [-0.39, 0.29) is 5.91 Å². The smallest absolute Gasteiger partial charge is 0.266 e. The molecule has 1 aliphatic rings. The van der Waals surface area contributed by atoms with Gasteiger partial charge in [0, 0.05) is 17.0 Å². The monoisotopic (exact) mass is 397 g/mol. The highest BCUT2D eigenvalue weighted by atomic mass is 79.9. The fourth-order valence-electron chi connectivity index (χ4n) is 2.93. The fourth-order valence-corrected chi connectivity index (χ4v) is 3.32. The molecule has 0 aliphatic carbocycles. The third-order valence-corrected chi connectivity index (χ3v) is 4.57. The molecule has 0 saturated heterocycles. The Morgan fingerprint density at radius 2 is 2.08 bits per heavy atom. The van der Waals surface area contributed by atoms with Crippen LogP contribution in [0.1, 0.15) is 11.3 Å². The minimum Gasteiger partial charge on any atom is -0.480 e. The molecule has 6 heteroatoms. The number of ether oxygens (including phenoxy) is 1. The number of para-hydroxylation sites is 1. The highest BCUT2D eigenvalue weighted by Gasteiger charge is 2.29. The predicted molar refractivity (Wildman–Crippen MR) is 99.2 cm³/mol. The van der Waals surface area contributed by atoms with Gasteiger partial charge in [-0.05, 0) is 36.8 Å². The van der Waals surface area contributed by atoms with E-state index in [2.05, 4.69) is 26.3 Å². The van der Waals surface area contributed by atoms with Crippen LogP contribution >= 0.6 is 15.9 Å². The number of halogens is 1. The van der Waals surface area contributed by atoms with Crippen molar-refractivity contribution in [1.82, 2.24) is 9.78 Å². The molecule has 0 unspecified atom stereocenters. The van der Waals surface area contributed by atoms with Crippen molar-refractivity contribution in [2.45, 2.75) is 19.4 Å². The van der Waals surface area contributed by atoms with Crippen molar-refractivity contribution in [3.63, 3.8) is 0 Å². The molecule has 1 amide bonds. The minimum absolute atomic E-state index is 0.174. The first-order valence-corrected chi connectivity index (χ1v) is 8.77. The predicted octanol–water partition coefficient (Wildman–Crippen LogP) is 3.89. The maximum absolute atomic E-state index is 12.7. The van der Waals surface area contributed by atoms with Crippen molar-refractivity contribution < 1.29 is 9.53 Å². The highest BCUT2D eigenvalue weighted by molar-refractivity contribution is 9.10. The lowest BCUT2D eigenvalue weighted by molar-refractivity contribution is -0.122. The number of rotatable bonds is 3. The summed E-state index contributed by atoms with van der Waals surface area (Å²) in [5, 5.41) is 7.43. The zero-order valence-electron chi connectivity index (χ0n) is 13.6. The molecule has 0 saturated carbocycles. The summed E-state index contributed by atoms with van der Waals surface area (Å²) < 4.78 is 8.43. The van der Waals surface area contributed by atoms with Gasteiger partial charge in [0.1, 0.15) is 11.6 Å². The standard InChI is InChI=1S/C19H16BrN3O2/c1-12-9-18(23(22-12)15-7-4-6-14(20)11-15)21-19(24)17-10-13-5-2-3-8-16(13)25-17/h2-9,11,17H,10H2,1H3,(H,21,24)/t17-/m1/s1. The van der Waals surface area contributed by atoms with E-state index in [9.17, 15) is 4.79 Å². The number of nitrogens with one attached hydrogen (secondary N) is 1. The Bertz CT molecular complexity index is 926. The number of aromatic nitrogens is 2. The number of carbonyl (C=O) groups excluding carboxylic acids is 1. The SMILES string of the molecule is Cc1cc(NC(=O)[C@H]2Cc3ccccc3O2)n(-c2cccc(Br)c2)n1. The molecular formula is C19H16BrN3O2. The van der Waals surface area contributed by atoms with Crippen molar-refractivity contribution in [1.29, 1.82) is 0 Å². The number of carbonyl (C=O) groups is 1. The van der Waals surface area contributed by atoms with Crippen molar-refractivity contribution in [2.75, 3.05) is 5.32 Å². The number of benzene rings is 2. The number of hydrogen-bond donors (Lipinski definition) is 1. The lowest BCUT2D eigenvalue weighted by atomic mass is 10.1. The van der Waals surface area contributed by atoms with E-state index >= 15 is 0 Å². The first-order chi connectivity index (χ1) is 12.1. The Hall–Kier alpha value is -2.60. The van der Waals surface area contributed by atoms with Crippen molar-refractivity contribution in [3.8, 4) is 11.4 Å². The zero-order chi connectivity index (χ0) is 17.4. The maximum Gasteiger partial charge on any atom is 0.266 e. The average molecular weight is 398 g/mol. The summed E-state index contributed by atoms with van der Waals surface area (Å²) in [5.74, 6) is 1.23. The van der Waals surface area contributed by atoms with Crippen LogP contribution in [-0.2, 0) is 11.2 Å². The van der Waals surface area contributed by atoms with E-state index in [0.29, 0.717) is 12.2 Å². The molecule has 1 aromatic heterocycles. The van der Waals surface area contributed by atoms with Crippen LogP contribution in [0.25, 0.3) is 5.69 Å². The Balaban J connectivity index is 1.57. The number of amides is 1. The molecule has 25 heavy (non-hydrogen) atoms. The molecule has 2 aromatic carbocycles. The van der Waals surface area contributed by atoms with Crippen LogP contribution in [0.3, 0.4) is 0 Å². The van der Waals surface area contributed by atoms with Gasteiger partial charge in [0.2, 0.25) is 0 Å². The topological polar surface area (TPSA) is 56.1 Å². The first kappa shape index (κ1) is 15.9. The molecular weight excluding hydrogens is 382 g/mol. The first-order valence-electron chi connectivity index (χ1n) is 7.98. The van der Waals surface area contributed by atoms with Gasteiger partial charge in [-0.15, -0.1) is 0 Å². The zero-order valence-corrected chi connectivity index (χ0v) is 15.2. The second-order valence-corrected chi connectivity index (χ2v) is 6.89. The van der Waals surface area contributed by atoms with E-state index < -0.39 is 6.10 Å². The molecule has 0 fully saturated rings. The third kappa shape index (κ3) is 3.17. The van der Waals surface area contributed by atoms with E-state index in [4.69, 9.17) is 4.74 Å². The summed E-state index contributed by atoms with van der Waals surface area (Å²) in [7, 11) is 0. The molecule has 126 valence electrons. The van der Waals surface area contributed by atoms with Crippen LogP contribution in [-0.4, -0.2) is 21.8 Å². The van der Waals surface area contributed by atoms with Crippen molar-refractivity contribution in [3.05, 3.63) is 70.3 Å². The van der Waals surface area contributed by atoms with Gasteiger partial charge in [0.05, 0.1) is 11.4 Å². The van der Waals surface area contributed by atoms with Crippen LogP contribution in [0.5, 0.6) is 5.75 Å². The molecule has 5 nitrogen and oxygen atoms in total. The largest absolute Gasteiger partial charge is 0.480 e. The summed E-state index contributed by atoms with van der Waals surface area (Å²) in [4.78, 5) is 12.7. The van der Waals surface area contributed by atoms with Gasteiger partial charge in [0.25, 0.3) is 5.91 Å². The number of aryl methyl sites for hydroxylation is 1. The molecule has 0 spiro atoms. The summed E-state index contributed by atoms with van der Waals surface area (Å²) in [5.41, 5.74) is 2.75. The normalized spacial score (nSPS) is 15.5. The van der Waals surface area contributed by atoms with Gasteiger partial charge >= 0.3 is 0 Å². The minimum atomic E-state index is -0.524. The van der Waals surface area contributed by atoms with Gasteiger partial charge in [-0.1, -0.05) is 40.2 Å². The lowest BCUT2D eigenvalue weighted by Gasteiger charge is -2.13. The van der Waals surface area contributed by atoms with Gasteiger partial charge < -0.3 is 10.1 Å². The molecule has 0 radical (unpaired) electrons. The van der Waals surface area contributed by atoms with Gasteiger partial charge in [-0.25, -0.2) is 4.68 Å². The summed E-state index contributed by atoms with van der Waals surface area (Å²) >= 11 is 3.46. The number of nitrogens with zero attached hydrogens (tertiary/aromatic N) is 2. The molecule has 1 atom stereocenters. The van der Waals surface area contributed by atoms with E-state index in [1.165, 1.54) is 0 Å². The second kappa shape index (κ2) is 6.37. The molecule has 2 heterocycles. The molecule has 1 N–H and O–H groups in total.